The molecule has 1 aromatic carbocycles. The number of benzene rings is 1. The van der Waals surface area contributed by atoms with Crippen molar-refractivity contribution >= 4 is 16.6 Å². The molecule has 0 aliphatic carbocycles. The van der Waals surface area contributed by atoms with Crippen LogP contribution in [-0.4, -0.2) is 45.7 Å². The van der Waals surface area contributed by atoms with E-state index in [9.17, 15) is 10.2 Å². The first-order chi connectivity index (χ1) is 8.66. The lowest BCUT2D eigenvalue weighted by Gasteiger charge is -2.18. The van der Waals surface area contributed by atoms with E-state index < -0.39 is 12.2 Å². The second-order valence-corrected chi connectivity index (χ2v) is 4.69. The molecule has 3 rings (SSSR count). The summed E-state index contributed by atoms with van der Waals surface area (Å²) in [5, 5.41) is 29.7. The van der Waals surface area contributed by atoms with Crippen molar-refractivity contribution < 1.29 is 10.2 Å². The van der Waals surface area contributed by atoms with E-state index in [0.717, 1.165) is 22.3 Å². The molecular formula is C13H15N3O2. The molecule has 5 nitrogen and oxygen atoms in total. The highest BCUT2D eigenvalue weighted by Gasteiger charge is 2.31. The largest absolute Gasteiger partial charge is 0.389 e. The number of aliphatic hydroxyl groups is 2. The Balaban J connectivity index is 2.10. The summed E-state index contributed by atoms with van der Waals surface area (Å²) in [5.41, 5.74) is 0.884. The van der Waals surface area contributed by atoms with E-state index in [4.69, 9.17) is 0 Å². The first kappa shape index (κ1) is 11.4. The van der Waals surface area contributed by atoms with Crippen molar-refractivity contribution in [1.29, 1.82) is 0 Å². The topological polar surface area (TPSA) is 69.5 Å². The number of nitrogens with zero attached hydrogens (tertiary/aromatic N) is 3. The number of aromatic nitrogens is 2. The standard InChI is InChI=1S/C13H15N3O2/c1-8-9-4-2-3-5-10(9)13(15-14-8)16-6-11(17)12(18)7-16/h2-5,11-12,17-18H,6-7H2,1H3. The van der Waals surface area contributed by atoms with Gasteiger partial charge in [-0.1, -0.05) is 24.3 Å². The highest BCUT2D eigenvalue weighted by atomic mass is 16.3. The Morgan fingerprint density at radius 3 is 2.33 bits per heavy atom. The molecule has 2 aromatic rings. The molecule has 0 saturated carbocycles. The SMILES string of the molecule is Cc1nnc(N2CC(O)C(O)C2)c2ccccc12. The Morgan fingerprint density at radius 1 is 1.06 bits per heavy atom. The summed E-state index contributed by atoms with van der Waals surface area (Å²) in [4.78, 5) is 1.88. The zero-order chi connectivity index (χ0) is 12.7. The van der Waals surface area contributed by atoms with Crippen molar-refractivity contribution in [2.75, 3.05) is 18.0 Å². The average Bonchev–Trinajstić information content (AvgIpc) is 2.70. The zero-order valence-corrected chi connectivity index (χ0v) is 10.1. The second kappa shape index (κ2) is 4.19. The van der Waals surface area contributed by atoms with Crippen molar-refractivity contribution in [3.8, 4) is 0 Å². The average molecular weight is 245 g/mol. The third-order valence-electron chi connectivity index (χ3n) is 3.41. The molecule has 0 radical (unpaired) electrons. The lowest BCUT2D eigenvalue weighted by molar-refractivity contribution is 0.0572. The third kappa shape index (κ3) is 1.72. The number of hydrogen-bond donors (Lipinski definition) is 2. The van der Waals surface area contributed by atoms with Crippen LogP contribution in [0.25, 0.3) is 10.8 Å². The molecule has 0 amide bonds. The molecule has 0 bridgehead atoms. The summed E-state index contributed by atoms with van der Waals surface area (Å²) in [6.45, 7) is 2.71. The van der Waals surface area contributed by atoms with Crippen molar-refractivity contribution in [3.05, 3.63) is 30.0 Å². The Kier molecular flexibility index (Phi) is 2.65. The van der Waals surface area contributed by atoms with E-state index >= 15 is 0 Å². The van der Waals surface area contributed by atoms with Gasteiger partial charge in [0.1, 0.15) is 0 Å². The highest BCUT2D eigenvalue weighted by Crippen LogP contribution is 2.27. The Bertz CT molecular complexity index is 577. The van der Waals surface area contributed by atoms with E-state index in [1.165, 1.54) is 0 Å². The van der Waals surface area contributed by atoms with Crippen molar-refractivity contribution in [3.63, 3.8) is 0 Å². The summed E-state index contributed by atoms with van der Waals surface area (Å²) in [6.07, 6.45) is -1.43. The van der Waals surface area contributed by atoms with Gasteiger partial charge in [0.05, 0.1) is 17.9 Å². The lowest BCUT2D eigenvalue weighted by atomic mass is 10.1. The minimum atomic E-state index is -0.716. The van der Waals surface area contributed by atoms with Crippen LogP contribution in [0.2, 0.25) is 0 Å². The third-order valence-corrected chi connectivity index (χ3v) is 3.41. The van der Waals surface area contributed by atoms with Gasteiger partial charge in [-0.05, 0) is 6.92 Å². The summed E-state index contributed by atoms with van der Waals surface area (Å²) in [6, 6.07) is 7.92. The van der Waals surface area contributed by atoms with Crippen LogP contribution in [0.5, 0.6) is 0 Å². The molecule has 1 aromatic heterocycles. The number of aliphatic hydroxyl groups excluding tert-OH is 2. The van der Waals surface area contributed by atoms with Crippen LogP contribution in [0.15, 0.2) is 24.3 Å². The second-order valence-electron chi connectivity index (χ2n) is 4.69. The van der Waals surface area contributed by atoms with Crippen LogP contribution in [0.4, 0.5) is 5.82 Å². The van der Waals surface area contributed by atoms with E-state index in [-0.39, 0.29) is 0 Å². The predicted octanol–water partition coefficient (Wildman–Crippen LogP) is 0.480. The van der Waals surface area contributed by atoms with Crippen LogP contribution in [0, 0.1) is 6.92 Å². The minimum absolute atomic E-state index is 0.392. The predicted molar refractivity (Wildman–Crippen MR) is 68.5 cm³/mol. The molecule has 1 fully saturated rings. The number of fused-ring (bicyclic) bond motifs is 1. The van der Waals surface area contributed by atoms with Crippen molar-refractivity contribution in [2.45, 2.75) is 19.1 Å². The highest BCUT2D eigenvalue weighted by molar-refractivity contribution is 5.93. The number of β-amino-alcohol motifs (C(OH)–C–C–N with tert-alkyl or cyclic N) is 2. The van der Waals surface area contributed by atoms with Crippen LogP contribution >= 0.6 is 0 Å². The van der Waals surface area contributed by atoms with Gasteiger partial charge >= 0.3 is 0 Å². The first-order valence-electron chi connectivity index (χ1n) is 6.00. The summed E-state index contributed by atoms with van der Waals surface area (Å²) in [5.74, 6) is 0.729. The fraction of sp³-hybridized carbons (Fsp3) is 0.385. The molecule has 2 N–H and O–H groups in total. The Hall–Kier alpha value is -1.72. The van der Waals surface area contributed by atoms with Gasteiger partial charge in [-0.15, -0.1) is 5.10 Å². The van der Waals surface area contributed by atoms with Crippen LogP contribution < -0.4 is 4.90 Å². The molecule has 94 valence electrons. The van der Waals surface area contributed by atoms with Gasteiger partial charge in [0.15, 0.2) is 5.82 Å². The molecule has 2 atom stereocenters. The monoisotopic (exact) mass is 245 g/mol. The zero-order valence-electron chi connectivity index (χ0n) is 10.1. The fourth-order valence-electron chi connectivity index (χ4n) is 2.40. The molecule has 18 heavy (non-hydrogen) atoms. The molecule has 5 heteroatoms. The van der Waals surface area contributed by atoms with Crippen LogP contribution in [0.3, 0.4) is 0 Å². The summed E-state index contributed by atoms with van der Waals surface area (Å²) in [7, 11) is 0. The molecule has 1 saturated heterocycles. The number of anilines is 1. The van der Waals surface area contributed by atoms with Crippen LogP contribution in [-0.2, 0) is 0 Å². The first-order valence-corrected chi connectivity index (χ1v) is 6.00. The number of rotatable bonds is 1. The Labute approximate surface area is 105 Å². The minimum Gasteiger partial charge on any atom is -0.389 e. The molecule has 2 unspecified atom stereocenters. The van der Waals surface area contributed by atoms with Gasteiger partial charge < -0.3 is 15.1 Å². The van der Waals surface area contributed by atoms with Crippen molar-refractivity contribution in [2.24, 2.45) is 0 Å². The van der Waals surface area contributed by atoms with E-state index in [1.807, 2.05) is 36.1 Å². The molecular weight excluding hydrogens is 230 g/mol. The quantitative estimate of drug-likeness (QED) is 0.764. The van der Waals surface area contributed by atoms with Gasteiger partial charge in [0.25, 0.3) is 0 Å². The molecule has 1 aliphatic heterocycles. The normalized spacial score (nSPS) is 23.8. The number of hydrogen-bond acceptors (Lipinski definition) is 5. The van der Waals surface area contributed by atoms with Crippen molar-refractivity contribution in [1.82, 2.24) is 10.2 Å². The fourth-order valence-corrected chi connectivity index (χ4v) is 2.40. The smallest absolute Gasteiger partial charge is 0.159 e. The maximum Gasteiger partial charge on any atom is 0.159 e. The molecule has 0 spiro atoms. The van der Waals surface area contributed by atoms with E-state index in [1.54, 1.807) is 0 Å². The lowest BCUT2D eigenvalue weighted by Crippen LogP contribution is -2.23. The number of aryl methyl sites for hydroxylation is 1. The summed E-state index contributed by atoms with van der Waals surface area (Å²) >= 11 is 0. The maximum atomic E-state index is 9.62. The summed E-state index contributed by atoms with van der Waals surface area (Å²) < 4.78 is 0. The molecule has 2 heterocycles. The Morgan fingerprint density at radius 2 is 1.67 bits per heavy atom. The van der Waals surface area contributed by atoms with E-state index in [0.29, 0.717) is 13.1 Å². The van der Waals surface area contributed by atoms with Gasteiger partial charge in [0.2, 0.25) is 0 Å². The maximum absolute atomic E-state index is 9.62. The van der Waals surface area contributed by atoms with Gasteiger partial charge in [0, 0.05) is 23.9 Å². The van der Waals surface area contributed by atoms with Gasteiger partial charge in [-0.3, -0.25) is 0 Å². The van der Waals surface area contributed by atoms with Crippen LogP contribution in [0.1, 0.15) is 5.69 Å². The van der Waals surface area contributed by atoms with Gasteiger partial charge in [-0.2, -0.15) is 5.10 Å². The van der Waals surface area contributed by atoms with Gasteiger partial charge in [-0.25, -0.2) is 0 Å². The molecule has 1 aliphatic rings. The van der Waals surface area contributed by atoms with E-state index in [2.05, 4.69) is 10.2 Å².